The Hall–Kier alpha value is -0.930. The number of hydrogen-bond acceptors (Lipinski definition) is 3. The van der Waals surface area contributed by atoms with Gasteiger partial charge in [-0.25, -0.2) is 0 Å². The Bertz CT molecular complexity index is 473. The summed E-state index contributed by atoms with van der Waals surface area (Å²) in [5.74, 6) is 2.72. The highest BCUT2D eigenvalue weighted by molar-refractivity contribution is 6.31. The first kappa shape index (κ1) is 13.1. The van der Waals surface area contributed by atoms with Crippen molar-refractivity contribution in [2.45, 2.75) is 32.2 Å². The summed E-state index contributed by atoms with van der Waals surface area (Å²) in [6.45, 7) is 3.57. The van der Waals surface area contributed by atoms with Gasteiger partial charge in [-0.3, -0.25) is 0 Å². The minimum atomic E-state index is -0.0304. The van der Waals surface area contributed by atoms with Gasteiger partial charge in [0.2, 0.25) is 0 Å². The highest BCUT2D eigenvalue weighted by Gasteiger charge is 2.33. The summed E-state index contributed by atoms with van der Waals surface area (Å²) in [5.41, 5.74) is 7.35. The van der Waals surface area contributed by atoms with Crippen LogP contribution in [0.1, 0.15) is 37.8 Å². The minimum absolute atomic E-state index is 0.0304. The summed E-state index contributed by atoms with van der Waals surface area (Å²) >= 11 is 6.36. The van der Waals surface area contributed by atoms with Gasteiger partial charge in [-0.1, -0.05) is 18.5 Å². The van der Waals surface area contributed by atoms with Crippen LogP contribution < -0.4 is 15.2 Å². The molecule has 3 nitrogen and oxygen atoms in total. The van der Waals surface area contributed by atoms with Crippen molar-refractivity contribution in [2.24, 2.45) is 17.6 Å². The van der Waals surface area contributed by atoms with E-state index in [1.54, 1.807) is 0 Å². The molecule has 0 saturated heterocycles. The SMILES string of the molecule is CC(C1CC1)C(N)c1cc2c(cc1Cl)OCCCO2. The van der Waals surface area contributed by atoms with Gasteiger partial charge in [0.05, 0.1) is 13.2 Å². The molecule has 1 heterocycles. The van der Waals surface area contributed by atoms with Gasteiger partial charge in [0, 0.05) is 23.6 Å². The van der Waals surface area contributed by atoms with Crippen molar-refractivity contribution in [3.63, 3.8) is 0 Å². The number of halogens is 1. The van der Waals surface area contributed by atoms with E-state index in [0.717, 1.165) is 29.4 Å². The van der Waals surface area contributed by atoms with Gasteiger partial charge in [-0.2, -0.15) is 0 Å². The van der Waals surface area contributed by atoms with Gasteiger partial charge in [0.15, 0.2) is 11.5 Å². The maximum absolute atomic E-state index is 6.37. The summed E-state index contributed by atoms with van der Waals surface area (Å²) in [4.78, 5) is 0. The lowest BCUT2D eigenvalue weighted by Crippen LogP contribution is -2.21. The molecule has 1 fully saturated rings. The molecule has 2 N–H and O–H groups in total. The minimum Gasteiger partial charge on any atom is -0.490 e. The second kappa shape index (κ2) is 5.22. The highest BCUT2D eigenvalue weighted by atomic mass is 35.5. The fraction of sp³-hybridized carbons (Fsp3) is 0.600. The lowest BCUT2D eigenvalue weighted by Gasteiger charge is -2.22. The molecule has 1 aliphatic heterocycles. The quantitative estimate of drug-likeness (QED) is 0.921. The smallest absolute Gasteiger partial charge is 0.162 e. The zero-order valence-corrected chi connectivity index (χ0v) is 12.0. The number of fused-ring (bicyclic) bond motifs is 1. The third-order valence-corrected chi connectivity index (χ3v) is 4.49. The molecule has 104 valence electrons. The molecule has 2 unspecified atom stereocenters. The summed E-state index contributed by atoms with van der Waals surface area (Å²) in [5, 5.41) is 0.684. The fourth-order valence-corrected chi connectivity index (χ4v) is 2.93. The molecule has 0 radical (unpaired) electrons. The topological polar surface area (TPSA) is 44.5 Å². The van der Waals surface area contributed by atoms with Crippen LogP contribution in [0.25, 0.3) is 0 Å². The van der Waals surface area contributed by atoms with E-state index in [4.69, 9.17) is 26.8 Å². The zero-order chi connectivity index (χ0) is 13.4. The number of nitrogens with two attached hydrogens (primary N) is 1. The van der Waals surface area contributed by atoms with Crippen LogP contribution in [0.4, 0.5) is 0 Å². The van der Waals surface area contributed by atoms with Gasteiger partial charge < -0.3 is 15.2 Å². The van der Waals surface area contributed by atoms with Crippen molar-refractivity contribution in [1.82, 2.24) is 0 Å². The van der Waals surface area contributed by atoms with Crippen LogP contribution >= 0.6 is 11.6 Å². The number of hydrogen-bond donors (Lipinski definition) is 1. The van der Waals surface area contributed by atoms with Crippen LogP contribution in [0, 0.1) is 11.8 Å². The van der Waals surface area contributed by atoms with Crippen LogP contribution in [-0.4, -0.2) is 13.2 Å². The van der Waals surface area contributed by atoms with Gasteiger partial charge in [-0.05, 0) is 36.3 Å². The molecule has 2 atom stereocenters. The normalized spacial score (nSPS) is 21.6. The van der Waals surface area contributed by atoms with Crippen LogP contribution in [-0.2, 0) is 0 Å². The molecular formula is C15H20ClNO2. The van der Waals surface area contributed by atoms with Crippen LogP contribution in [0.2, 0.25) is 5.02 Å². The number of ether oxygens (including phenoxy) is 2. The largest absolute Gasteiger partial charge is 0.490 e. The number of benzene rings is 1. The first-order chi connectivity index (χ1) is 9.16. The van der Waals surface area contributed by atoms with Gasteiger partial charge >= 0.3 is 0 Å². The van der Waals surface area contributed by atoms with E-state index in [1.165, 1.54) is 12.8 Å². The number of rotatable bonds is 3. The van der Waals surface area contributed by atoms with E-state index in [0.29, 0.717) is 24.2 Å². The maximum atomic E-state index is 6.37. The lowest BCUT2D eigenvalue weighted by molar-refractivity contribution is 0.297. The van der Waals surface area contributed by atoms with Crippen LogP contribution in [0.5, 0.6) is 11.5 Å². The van der Waals surface area contributed by atoms with Crippen LogP contribution in [0.3, 0.4) is 0 Å². The molecule has 1 aromatic rings. The molecule has 0 spiro atoms. The first-order valence-corrected chi connectivity index (χ1v) is 7.39. The van der Waals surface area contributed by atoms with Gasteiger partial charge in [-0.15, -0.1) is 0 Å². The predicted molar refractivity (Wildman–Crippen MR) is 75.9 cm³/mol. The highest BCUT2D eigenvalue weighted by Crippen LogP contribution is 2.45. The first-order valence-electron chi connectivity index (χ1n) is 7.01. The summed E-state index contributed by atoms with van der Waals surface area (Å²) < 4.78 is 11.3. The van der Waals surface area contributed by atoms with Crippen molar-refractivity contribution >= 4 is 11.6 Å². The molecule has 0 aromatic heterocycles. The van der Waals surface area contributed by atoms with Gasteiger partial charge in [0.25, 0.3) is 0 Å². The van der Waals surface area contributed by atoms with E-state index in [2.05, 4.69) is 6.92 Å². The summed E-state index contributed by atoms with van der Waals surface area (Å²) in [7, 11) is 0. The van der Waals surface area contributed by atoms with E-state index >= 15 is 0 Å². The monoisotopic (exact) mass is 281 g/mol. The summed E-state index contributed by atoms with van der Waals surface area (Å²) in [6, 6.07) is 3.78. The Labute approximate surface area is 119 Å². The van der Waals surface area contributed by atoms with E-state index in [-0.39, 0.29) is 6.04 Å². The molecule has 0 amide bonds. The van der Waals surface area contributed by atoms with Crippen LogP contribution in [0.15, 0.2) is 12.1 Å². The second-order valence-corrected chi connectivity index (χ2v) is 6.00. The van der Waals surface area contributed by atoms with E-state index in [9.17, 15) is 0 Å². The third-order valence-electron chi connectivity index (χ3n) is 4.16. The Morgan fingerprint density at radius 1 is 1.21 bits per heavy atom. The molecular weight excluding hydrogens is 262 g/mol. The Morgan fingerprint density at radius 3 is 2.47 bits per heavy atom. The van der Waals surface area contributed by atoms with Crippen molar-refractivity contribution in [3.8, 4) is 11.5 Å². The van der Waals surface area contributed by atoms with E-state index < -0.39 is 0 Å². The molecule has 4 heteroatoms. The lowest BCUT2D eigenvalue weighted by atomic mass is 9.91. The Morgan fingerprint density at radius 2 is 1.84 bits per heavy atom. The average molecular weight is 282 g/mol. The molecule has 3 rings (SSSR count). The average Bonchev–Trinajstić information content (AvgIpc) is 3.23. The van der Waals surface area contributed by atoms with Crippen molar-refractivity contribution < 1.29 is 9.47 Å². The predicted octanol–water partition coefficient (Wildman–Crippen LogP) is 3.55. The third kappa shape index (κ3) is 2.67. The van der Waals surface area contributed by atoms with Crippen molar-refractivity contribution in [2.75, 3.05) is 13.2 Å². The van der Waals surface area contributed by atoms with E-state index in [1.807, 2.05) is 12.1 Å². The zero-order valence-electron chi connectivity index (χ0n) is 11.2. The Kier molecular flexibility index (Phi) is 3.59. The molecule has 1 aromatic carbocycles. The second-order valence-electron chi connectivity index (χ2n) is 5.59. The molecule has 19 heavy (non-hydrogen) atoms. The maximum Gasteiger partial charge on any atom is 0.162 e. The van der Waals surface area contributed by atoms with Crippen molar-refractivity contribution in [1.29, 1.82) is 0 Å². The standard InChI is InChI=1S/C15H20ClNO2/c1-9(10-3-4-10)15(17)11-7-13-14(8-12(11)16)19-6-2-5-18-13/h7-10,15H,2-6,17H2,1H3. The molecule has 1 aliphatic carbocycles. The fourth-order valence-electron chi connectivity index (χ4n) is 2.65. The molecule has 2 aliphatic rings. The molecule has 0 bridgehead atoms. The molecule has 1 saturated carbocycles. The van der Waals surface area contributed by atoms with Crippen molar-refractivity contribution in [3.05, 3.63) is 22.7 Å². The Balaban J connectivity index is 1.90. The summed E-state index contributed by atoms with van der Waals surface area (Å²) in [6.07, 6.45) is 3.47. The van der Waals surface area contributed by atoms with Gasteiger partial charge in [0.1, 0.15) is 0 Å².